The molecule has 24 heavy (non-hydrogen) atoms. The lowest BCUT2D eigenvalue weighted by atomic mass is 10.1. The first kappa shape index (κ1) is 15.0. The Morgan fingerprint density at radius 3 is 2.92 bits per heavy atom. The fourth-order valence-electron chi connectivity index (χ4n) is 2.38. The lowest BCUT2D eigenvalue weighted by Gasteiger charge is -2.00. The molecule has 0 spiro atoms. The second-order valence-corrected chi connectivity index (χ2v) is 7.12. The zero-order valence-corrected chi connectivity index (χ0v) is 14.3. The van der Waals surface area contributed by atoms with Crippen molar-refractivity contribution in [1.29, 1.82) is 0 Å². The predicted octanol–water partition coefficient (Wildman–Crippen LogP) is 4.68. The summed E-state index contributed by atoms with van der Waals surface area (Å²) in [4.78, 5) is 18.1. The lowest BCUT2D eigenvalue weighted by Crippen LogP contribution is -2.04. The van der Waals surface area contributed by atoms with Crippen molar-refractivity contribution in [2.24, 2.45) is 0 Å². The van der Waals surface area contributed by atoms with E-state index in [1.807, 2.05) is 48.7 Å². The van der Waals surface area contributed by atoms with Gasteiger partial charge in [0.1, 0.15) is 4.88 Å². The van der Waals surface area contributed by atoms with Gasteiger partial charge in [-0.3, -0.25) is 0 Å². The maximum absolute atomic E-state index is 12.3. The van der Waals surface area contributed by atoms with Crippen molar-refractivity contribution in [2.75, 3.05) is 0 Å². The number of ether oxygens (including phenoxy) is 1. The summed E-state index contributed by atoms with van der Waals surface area (Å²) in [6.07, 6.45) is 0. The maximum atomic E-state index is 12.3. The van der Waals surface area contributed by atoms with Gasteiger partial charge in [-0.2, -0.15) is 4.98 Å². The quantitative estimate of drug-likeness (QED) is 0.497. The summed E-state index contributed by atoms with van der Waals surface area (Å²) in [5.41, 5.74) is 0.936. The van der Waals surface area contributed by atoms with E-state index in [1.165, 1.54) is 22.7 Å². The smallest absolute Gasteiger partial charge is 0.349 e. The molecule has 5 nitrogen and oxygen atoms in total. The number of fused-ring (bicyclic) bond motifs is 1. The summed E-state index contributed by atoms with van der Waals surface area (Å²) >= 11 is 2.95. The van der Waals surface area contributed by atoms with Crippen LogP contribution in [0.5, 0.6) is 0 Å². The number of esters is 1. The highest BCUT2D eigenvalue weighted by Crippen LogP contribution is 2.31. The molecule has 3 heterocycles. The zero-order valence-electron chi connectivity index (χ0n) is 12.7. The summed E-state index contributed by atoms with van der Waals surface area (Å²) in [7, 11) is 0. The van der Waals surface area contributed by atoms with Crippen LogP contribution in [0.4, 0.5) is 0 Å². The molecule has 0 aliphatic rings. The number of nitrogens with zero attached hydrogens (tertiary/aromatic N) is 2. The molecule has 4 aromatic rings. The standard InChI is InChI=1S/C17H12N2O3S2/c1-10-11-5-2-3-6-12(11)24-15(10)17(20)21-9-14-18-16(19-22-14)13-7-4-8-23-13/h2-8H,9H2,1H3. The Labute approximate surface area is 145 Å². The van der Waals surface area contributed by atoms with E-state index in [4.69, 9.17) is 9.26 Å². The van der Waals surface area contributed by atoms with E-state index in [0.717, 1.165) is 20.5 Å². The van der Waals surface area contributed by atoms with Crippen molar-refractivity contribution in [3.05, 3.63) is 58.1 Å². The second kappa shape index (κ2) is 6.18. The zero-order chi connectivity index (χ0) is 16.5. The van der Waals surface area contributed by atoms with Gasteiger partial charge in [0.15, 0.2) is 6.61 Å². The minimum Gasteiger partial charge on any atom is -0.451 e. The van der Waals surface area contributed by atoms with Crippen LogP contribution < -0.4 is 0 Å². The molecule has 0 atom stereocenters. The van der Waals surface area contributed by atoms with Crippen LogP contribution in [-0.2, 0) is 11.3 Å². The van der Waals surface area contributed by atoms with Crippen LogP contribution in [0.15, 0.2) is 46.3 Å². The van der Waals surface area contributed by atoms with Crippen molar-refractivity contribution >= 4 is 38.7 Å². The van der Waals surface area contributed by atoms with Gasteiger partial charge < -0.3 is 9.26 Å². The number of carbonyl (C=O) groups is 1. The van der Waals surface area contributed by atoms with Gasteiger partial charge in [0.05, 0.1) is 4.88 Å². The Kier molecular flexibility index (Phi) is 3.87. The monoisotopic (exact) mass is 356 g/mol. The van der Waals surface area contributed by atoms with E-state index in [-0.39, 0.29) is 18.5 Å². The number of hydrogen-bond acceptors (Lipinski definition) is 7. The van der Waals surface area contributed by atoms with Crippen molar-refractivity contribution in [1.82, 2.24) is 10.1 Å². The molecule has 0 N–H and O–H groups in total. The van der Waals surface area contributed by atoms with E-state index >= 15 is 0 Å². The number of rotatable bonds is 4. The van der Waals surface area contributed by atoms with Crippen LogP contribution in [-0.4, -0.2) is 16.1 Å². The number of aryl methyl sites for hydroxylation is 1. The van der Waals surface area contributed by atoms with Crippen molar-refractivity contribution < 1.29 is 14.1 Å². The Hall–Kier alpha value is -2.51. The van der Waals surface area contributed by atoms with E-state index in [1.54, 1.807) is 0 Å². The summed E-state index contributed by atoms with van der Waals surface area (Å²) < 4.78 is 11.5. The number of carbonyl (C=O) groups excluding carboxylic acids is 1. The summed E-state index contributed by atoms with van der Waals surface area (Å²) in [5, 5.41) is 6.91. The normalized spacial score (nSPS) is 11.0. The van der Waals surface area contributed by atoms with Gasteiger partial charge in [0.25, 0.3) is 5.89 Å². The molecule has 3 aromatic heterocycles. The fraction of sp³-hybridized carbons (Fsp3) is 0.118. The summed E-state index contributed by atoms with van der Waals surface area (Å²) in [6, 6.07) is 11.7. The van der Waals surface area contributed by atoms with Crippen molar-refractivity contribution in [3.63, 3.8) is 0 Å². The number of thiophene rings is 2. The molecule has 0 bridgehead atoms. The van der Waals surface area contributed by atoms with E-state index < -0.39 is 0 Å². The van der Waals surface area contributed by atoms with E-state index in [2.05, 4.69) is 10.1 Å². The van der Waals surface area contributed by atoms with Gasteiger partial charge in [-0.25, -0.2) is 4.79 Å². The summed E-state index contributed by atoms with van der Waals surface area (Å²) in [5.74, 6) is 0.421. The van der Waals surface area contributed by atoms with Gasteiger partial charge in [-0.05, 0) is 35.4 Å². The Bertz CT molecular complexity index is 1000. The van der Waals surface area contributed by atoms with Gasteiger partial charge >= 0.3 is 5.97 Å². The van der Waals surface area contributed by atoms with Gasteiger partial charge in [-0.1, -0.05) is 29.4 Å². The Morgan fingerprint density at radius 1 is 1.25 bits per heavy atom. The Balaban J connectivity index is 1.49. The largest absolute Gasteiger partial charge is 0.451 e. The van der Waals surface area contributed by atoms with Crippen LogP contribution in [0.3, 0.4) is 0 Å². The van der Waals surface area contributed by atoms with Crippen LogP contribution in [0, 0.1) is 6.92 Å². The highest BCUT2D eigenvalue weighted by Gasteiger charge is 2.18. The number of hydrogen-bond donors (Lipinski definition) is 0. The molecule has 0 saturated carbocycles. The van der Waals surface area contributed by atoms with Gasteiger partial charge in [-0.15, -0.1) is 22.7 Å². The van der Waals surface area contributed by atoms with Gasteiger partial charge in [0, 0.05) is 4.70 Å². The topological polar surface area (TPSA) is 65.2 Å². The first-order chi connectivity index (χ1) is 11.7. The van der Waals surface area contributed by atoms with Crippen molar-refractivity contribution in [2.45, 2.75) is 13.5 Å². The van der Waals surface area contributed by atoms with E-state index in [9.17, 15) is 4.79 Å². The average Bonchev–Trinajstić information content (AvgIpc) is 3.33. The molecule has 120 valence electrons. The highest BCUT2D eigenvalue weighted by molar-refractivity contribution is 7.21. The third-order valence-electron chi connectivity index (χ3n) is 3.57. The molecular formula is C17H12N2O3S2. The second-order valence-electron chi connectivity index (χ2n) is 5.12. The summed E-state index contributed by atoms with van der Waals surface area (Å²) in [6.45, 7) is 1.89. The molecule has 0 radical (unpaired) electrons. The van der Waals surface area contributed by atoms with Crippen molar-refractivity contribution in [3.8, 4) is 10.7 Å². The SMILES string of the molecule is Cc1c(C(=O)OCc2nc(-c3cccs3)no2)sc2ccccc12. The first-order valence-corrected chi connectivity index (χ1v) is 8.93. The molecule has 0 fully saturated rings. The average molecular weight is 356 g/mol. The van der Waals surface area contributed by atoms with Crippen LogP contribution in [0.1, 0.15) is 21.1 Å². The number of aromatic nitrogens is 2. The Morgan fingerprint density at radius 2 is 2.12 bits per heavy atom. The molecule has 1 aromatic carbocycles. The highest BCUT2D eigenvalue weighted by atomic mass is 32.1. The third-order valence-corrected chi connectivity index (χ3v) is 5.68. The number of benzene rings is 1. The molecule has 4 rings (SSSR count). The molecule has 0 amide bonds. The lowest BCUT2D eigenvalue weighted by molar-refractivity contribution is 0.0435. The predicted molar refractivity (Wildman–Crippen MR) is 93.3 cm³/mol. The van der Waals surface area contributed by atoms with Crippen LogP contribution in [0.2, 0.25) is 0 Å². The maximum Gasteiger partial charge on any atom is 0.349 e. The van der Waals surface area contributed by atoms with Gasteiger partial charge in [0.2, 0.25) is 5.82 Å². The first-order valence-electron chi connectivity index (χ1n) is 7.24. The molecule has 0 aliphatic carbocycles. The van der Waals surface area contributed by atoms with Crippen LogP contribution >= 0.6 is 22.7 Å². The third kappa shape index (κ3) is 2.72. The van der Waals surface area contributed by atoms with E-state index in [0.29, 0.717) is 10.7 Å². The fourth-order valence-corrected chi connectivity index (χ4v) is 4.13. The molecule has 0 saturated heterocycles. The minimum atomic E-state index is -0.371. The molecule has 7 heteroatoms. The van der Waals surface area contributed by atoms with Crippen LogP contribution in [0.25, 0.3) is 20.8 Å². The molecule has 0 unspecified atom stereocenters. The molecule has 0 aliphatic heterocycles. The minimum absolute atomic E-state index is 0.0368. The molecular weight excluding hydrogens is 344 g/mol.